The highest BCUT2D eigenvalue weighted by molar-refractivity contribution is 6.10. The maximum atomic E-state index is 13.7. The van der Waals surface area contributed by atoms with Gasteiger partial charge in [0.05, 0.1) is 6.20 Å². The van der Waals surface area contributed by atoms with Crippen molar-refractivity contribution in [3.63, 3.8) is 0 Å². The second kappa shape index (κ2) is 9.51. The van der Waals surface area contributed by atoms with Gasteiger partial charge in [-0.05, 0) is 54.2 Å². The third-order valence-corrected chi connectivity index (χ3v) is 7.35. The van der Waals surface area contributed by atoms with Gasteiger partial charge in [0.2, 0.25) is 5.91 Å². The van der Waals surface area contributed by atoms with E-state index in [0.717, 1.165) is 35.7 Å². The maximum Gasteiger partial charge on any atom is 0.408 e. The van der Waals surface area contributed by atoms with Gasteiger partial charge in [0, 0.05) is 25.4 Å². The minimum absolute atomic E-state index is 0.141. The number of nitrogens with zero attached hydrogens (tertiary/aromatic N) is 4. The van der Waals surface area contributed by atoms with Crippen LogP contribution in [0.1, 0.15) is 30.0 Å². The van der Waals surface area contributed by atoms with E-state index in [1.165, 1.54) is 12.1 Å². The van der Waals surface area contributed by atoms with E-state index in [4.69, 9.17) is 0 Å². The number of rotatable bonds is 6. The van der Waals surface area contributed by atoms with Gasteiger partial charge in [0.1, 0.15) is 23.9 Å². The van der Waals surface area contributed by atoms with Crippen LogP contribution in [-0.4, -0.2) is 56.2 Å². The maximum absolute atomic E-state index is 13.7. The molecule has 39 heavy (non-hydrogen) atoms. The van der Waals surface area contributed by atoms with E-state index in [1.54, 1.807) is 24.0 Å². The summed E-state index contributed by atoms with van der Waals surface area (Å²) in [5.74, 6) is -2.45. The van der Waals surface area contributed by atoms with E-state index in [9.17, 15) is 31.9 Å². The van der Waals surface area contributed by atoms with Gasteiger partial charge < -0.3 is 10.2 Å². The first-order valence-electron chi connectivity index (χ1n) is 12.3. The topological polar surface area (TPSA) is 87.5 Å². The molecule has 1 aromatic heterocycles. The normalized spacial score (nSPS) is 19.4. The molecular formula is C27H25F4N5O3. The van der Waals surface area contributed by atoms with Crippen molar-refractivity contribution in [3.05, 3.63) is 77.4 Å². The van der Waals surface area contributed by atoms with Crippen LogP contribution >= 0.6 is 0 Å². The summed E-state index contributed by atoms with van der Waals surface area (Å²) in [6, 6.07) is 7.26. The summed E-state index contributed by atoms with van der Waals surface area (Å²) in [6.45, 7) is -0.630. The molecule has 1 aliphatic carbocycles. The summed E-state index contributed by atoms with van der Waals surface area (Å²) < 4.78 is 56.2. The second-order valence-corrected chi connectivity index (χ2v) is 9.87. The molecule has 1 unspecified atom stereocenters. The first-order chi connectivity index (χ1) is 18.4. The van der Waals surface area contributed by atoms with Crippen LogP contribution < -0.4 is 5.32 Å². The number of aromatic nitrogens is 2. The molecule has 2 aromatic carbocycles. The number of alkyl halides is 3. The Morgan fingerprint density at radius 1 is 1.18 bits per heavy atom. The highest BCUT2D eigenvalue weighted by Crippen LogP contribution is 2.42. The molecule has 12 heteroatoms. The van der Waals surface area contributed by atoms with Crippen molar-refractivity contribution in [1.29, 1.82) is 0 Å². The van der Waals surface area contributed by atoms with Crippen molar-refractivity contribution in [1.82, 2.24) is 24.9 Å². The molecule has 4 amide bonds. The molecule has 1 saturated heterocycles. The Kier molecular flexibility index (Phi) is 6.44. The predicted octanol–water partition coefficient (Wildman–Crippen LogP) is 3.90. The number of hydrogen-bond donors (Lipinski definition) is 1. The zero-order valence-electron chi connectivity index (χ0n) is 21.1. The van der Waals surface area contributed by atoms with E-state index in [1.807, 2.05) is 18.3 Å². The Morgan fingerprint density at radius 2 is 1.95 bits per heavy atom. The molecule has 1 N–H and O–H groups in total. The fraction of sp³-hybridized carbons (Fsp3) is 0.333. The van der Waals surface area contributed by atoms with Crippen molar-refractivity contribution < 1.29 is 31.9 Å². The number of aryl methyl sites for hydroxylation is 2. The van der Waals surface area contributed by atoms with Gasteiger partial charge in [0.25, 0.3) is 5.91 Å². The lowest BCUT2D eigenvalue weighted by molar-refractivity contribution is -0.187. The van der Waals surface area contributed by atoms with Gasteiger partial charge in [-0.1, -0.05) is 30.3 Å². The average Bonchev–Trinajstić information content (AvgIpc) is 3.54. The number of imide groups is 1. The highest BCUT2D eigenvalue weighted by Gasteiger charge is 2.56. The van der Waals surface area contributed by atoms with Crippen LogP contribution in [0.3, 0.4) is 0 Å². The van der Waals surface area contributed by atoms with Gasteiger partial charge in [0.15, 0.2) is 0 Å². The Balaban J connectivity index is 1.39. The van der Waals surface area contributed by atoms with E-state index >= 15 is 0 Å². The lowest BCUT2D eigenvalue weighted by Crippen LogP contribution is -2.51. The number of urea groups is 1. The van der Waals surface area contributed by atoms with Crippen molar-refractivity contribution in [2.75, 3.05) is 6.54 Å². The third-order valence-electron chi connectivity index (χ3n) is 7.35. The molecule has 0 saturated carbocycles. The molecular weight excluding hydrogens is 518 g/mol. The lowest BCUT2D eigenvalue weighted by Gasteiger charge is -2.32. The molecule has 2 heterocycles. The van der Waals surface area contributed by atoms with Crippen molar-refractivity contribution in [2.45, 2.75) is 44.1 Å². The van der Waals surface area contributed by atoms with Crippen LogP contribution in [0.15, 0.2) is 54.9 Å². The number of benzene rings is 2. The Labute approximate surface area is 221 Å². The zero-order chi connectivity index (χ0) is 28.1. The Bertz CT molecular complexity index is 1470. The number of fused-ring (bicyclic) bond motifs is 2. The molecule has 2 atom stereocenters. The first kappa shape index (κ1) is 26.4. The SMILES string of the molecule is CC(N(Cc1cccc(F)c1)C(=O)CN1C(=O)N[C@]2(CCc3cc(-c4cnn(C)c4)ccc32)C1=O)C(F)(F)F. The van der Waals surface area contributed by atoms with Gasteiger partial charge in [-0.2, -0.15) is 18.3 Å². The number of hydrogen-bond acceptors (Lipinski definition) is 4. The van der Waals surface area contributed by atoms with Crippen LogP contribution in [0.5, 0.6) is 0 Å². The van der Waals surface area contributed by atoms with Crippen LogP contribution in [0, 0.1) is 5.82 Å². The largest absolute Gasteiger partial charge is 0.408 e. The molecule has 8 nitrogen and oxygen atoms in total. The Morgan fingerprint density at radius 3 is 2.62 bits per heavy atom. The average molecular weight is 544 g/mol. The zero-order valence-corrected chi connectivity index (χ0v) is 21.1. The van der Waals surface area contributed by atoms with Crippen molar-refractivity contribution in [3.8, 4) is 11.1 Å². The van der Waals surface area contributed by atoms with Crippen molar-refractivity contribution >= 4 is 17.8 Å². The Hall–Kier alpha value is -4.22. The summed E-state index contributed by atoms with van der Waals surface area (Å²) >= 11 is 0. The number of carbonyl (C=O) groups excluding carboxylic acids is 3. The minimum Gasteiger partial charge on any atom is -0.325 e. The van der Waals surface area contributed by atoms with Crippen molar-refractivity contribution in [2.24, 2.45) is 7.05 Å². The van der Waals surface area contributed by atoms with E-state index in [-0.39, 0.29) is 12.0 Å². The standard InChI is InChI=1S/C27H25F4N5O3/c1-16(27(29,30)31)35(13-17-4-3-5-21(28)10-17)23(37)15-36-24(38)26(33-25(36)39)9-8-19-11-18(6-7-22(19)26)20-12-32-34(2)14-20/h3-7,10-12,14,16H,8-9,13,15H2,1-2H3,(H,33,39)/t16?,26-/m0/s1. The molecule has 1 aliphatic heterocycles. The number of halogens is 4. The molecule has 0 bridgehead atoms. The second-order valence-electron chi connectivity index (χ2n) is 9.87. The first-order valence-corrected chi connectivity index (χ1v) is 12.3. The van der Waals surface area contributed by atoms with E-state index < -0.39 is 54.5 Å². The van der Waals surface area contributed by atoms with Crippen LogP contribution in [-0.2, 0) is 35.1 Å². The summed E-state index contributed by atoms with van der Waals surface area (Å²) in [7, 11) is 1.79. The smallest absolute Gasteiger partial charge is 0.325 e. The molecule has 0 radical (unpaired) electrons. The van der Waals surface area contributed by atoms with Crippen LogP contribution in [0.4, 0.5) is 22.4 Å². The monoisotopic (exact) mass is 543 g/mol. The molecule has 3 aromatic rings. The molecule has 204 valence electrons. The molecule has 1 spiro atoms. The quantitative estimate of drug-likeness (QED) is 0.378. The lowest BCUT2D eigenvalue weighted by atomic mass is 9.90. The highest BCUT2D eigenvalue weighted by atomic mass is 19.4. The van der Waals surface area contributed by atoms with E-state index in [0.29, 0.717) is 21.8 Å². The number of amides is 4. The summed E-state index contributed by atoms with van der Waals surface area (Å²) in [5, 5.41) is 6.85. The van der Waals surface area contributed by atoms with Crippen LogP contribution in [0.25, 0.3) is 11.1 Å². The van der Waals surface area contributed by atoms with Gasteiger partial charge in [-0.3, -0.25) is 19.2 Å². The molecule has 2 aliphatic rings. The fourth-order valence-electron chi connectivity index (χ4n) is 5.22. The van der Waals surface area contributed by atoms with Gasteiger partial charge in [-0.25, -0.2) is 9.18 Å². The van der Waals surface area contributed by atoms with E-state index in [2.05, 4.69) is 10.4 Å². The number of nitrogens with one attached hydrogen (secondary N) is 1. The fourth-order valence-corrected chi connectivity index (χ4v) is 5.22. The minimum atomic E-state index is -4.78. The summed E-state index contributed by atoms with van der Waals surface area (Å²) in [5.41, 5.74) is 1.94. The predicted molar refractivity (Wildman–Crippen MR) is 131 cm³/mol. The summed E-state index contributed by atoms with van der Waals surface area (Å²) in [6.07, 6.45) is -0.494. The molecule has 1 fully saturated rings. The van der Waals surface area contributed by atoms with Crippen LogP contribution in [0.2, 0.25) is 0 Å². The third kappa shape index (κ3) is 4.75. The number of carbonyl (C=O) groups is 3. The van der Waals surface area contributed by atoms with Gasteiger partial charge >= 0.3 is 12.2 Å². The summed E-state index contributed by atoms with van der Waals surface area (Å²) in [4.78, 5) is 40.8. The molecule has 5 rings (SSSR count). The van der Waals surface area contributed by atoms with Gasteiger partial charge in [-0.15, -0.1) is 0 Å².